The number of carbonyl (C=O) groups excluding carboxylic acids is 1. The number of ether oxygens (including phenoxy) is 1. The Morgan fingerprint density at radius 1 is 1.22 bits per heavy atom. The maximum Gasteiger partial charge on any atom is 0.225 e. The number of likely N-dealkylation sites (tertiary alicyclic amines) is 1. The summed E-state index contributed by atoms with van der Waals surface area (Å²) in [5.41, 5.74) is 0. The molecule has 0 N–H and O–H groups in total. The summed E-state index contributed by atoms with van der Waals surface area (Å²) in [6.45, 7) is 10.9. The van der Waals surface area contributed by atoms with Gasteiger partial charge in [-0.15, -0.1) is 0 Å². The first-order valence-corrected chi connectivity index (χ1v) is 7.41. The summed E-state index contributed by atoms with van der Waals surface area (Å²) < 4.78 is 5.56. The van der Waals surface area contributed by atoms with Crippen molar-refractivity contribution in [1.82, 2.24) is 4.90 Å². The Labute approximate surface area is 112 Å². The molecule has 1 aliphatic heterocycles. The Hall–Kier alpha value is -0.570. The Balaban J connectivity index is 2.14. The van der Waals surface area contributed by atoms with Crippen LogP contribution in [0, 0.1) is 11.8 Å². The van der Waals surface area contributed by atoms with Crippen LogP contribution in [0.1, 0.15) is 53.4 Å². The van der Waals surface area contributed by atoms with E-state index in [4.69, 9.17) is 4.74 Å². The van der Waals surface area contributed by atoms with Gasteiger partial charge in [-0.1, -0.05) is 13.8 Å². The molecule has 0 aromatic carbocycles. The third-order valence-corrected chi connectivity index (χ3v) is 3.63. The molecule has 0 unspecified atom stereocenters. The molecule has 0 aromatic rings. The van der Waals surface area contributed by atoms with Gasteiger partial charge in [0.25, 0.3) is 0 Å². The van der Waals surface area contributed by atoms with E-state index in [1.54, 1.807) is 0 Å². The highest BCUT2D eigenvalue weighted by Gasteiger charge is 2.23. The third-order valence-electron chi connectivity index (χ3n) is 3.63. The van der Waals surface area contributed by atoms with Crippen LogP contribution in [-0.2, 0) is 9.53 Å². The fourth-order valence-corrected chi connectivity index (χ4v) is 2.50. The van der Waals surface area contributed by atoms with Gasteiger partial charge in [-0.3, -0.25) is 4.79 Å². The smallest absolute Gasteiger partial charge is 0.225 e. The van der Waals surface area contributed by atoms with Gasteiger partial charge in [-0.25, -0.2) is 0 Å². The van der Waals surface area contributed by atoms with Crippen molar-refractivity contribution >= 4 is 5.91 Å². The van der Waals surface area contributed by atoms with E-state index in [2.05, 4.69) is 13.8 Å². The van der Waals surface area contributed by atoms with Crippen LogP contribution in [0.3, 0.4) is 0 Å². The zero-order valence-electron chi connectivity index (χ0n) is 12.4. The van der Waals surface area contributed by atoms with Gasteiger partial charge in [-0.05, 0) is 45.4 Å². The first kappa shape index (κ1) is 15.5. The second kappa shape index (κ2) is 7.78. The first-order chi connectivity index (χ1) is 8.50. The molecule has 18 heavy (non-hydrogen) atoms. The van der Waals surface area contributed by atoms with Crippen LogP contribution in [0.15, 0.2) is 0 Å². The predicted molar refractivity (Wildman–Crippen MR) is 74.5 cm³/mol. The molecule has 1 amide bonds. The van der Waals surface area contributed by atoms with Gasteiger partial charge >= 0.3 is 0 Å². The van der Waals surface area contributed by atoms with Crippen molar-refractivity contribution < 1.29 is 9.53 Å². The largest absolute Gasteiger partial charge is 0.379 e. The van der Waals surface area contributed by atoms with Crippen molar-refractivity contribution in [3.8, 4) is 0 Å². The fourth-order valence-electron chi connectivity index (χ4n) is 2.50. The molecule has 0 aliphatic carbocycles. The molecule has 0 aromatic heterocycles. The lowest BCUT2D eigenvalue weighted by molar-refractivity contribution is -0.135. The zero-order valence-corrected chi connectivity index (χ0v) is 12.4. The van der Waals surface area contributed by atoms with E-state index in [-0.39, 0.29) is 5.92 Å². The SMILES string of the molecule is CC(C)OCCCC1CCN(C(=O)C(C)C)CC1. The Bertz CT molecular complexity index is 243. The third kappa shape index (κ3) is 5.38. The van der Waals surface area contributed by atoms with Gasteiger partial charge in [0.2, 0.25) is 5.91 Å². The van der Waals surface area contributed by atoms with Gasteiger partial charge in [0.15, 0.2) is 0 Å². The second-order valence-electron chi connectivity index (χ2n) is 5.99. The average molecular weight is 255 g/mol. The van der Waals surface area contributed by atoms with Crippen molar-refractivity contribution in [2.45, 2.75) is 59.5 Å². The number of carbonyl (C=O) groups is 1. The molecule has 1 fully saturated rings. The fraction of sp³-hybridized carbons (Fsp3) is 0.933. The van der Waals surface area contributed by atoms with E-state index in [0.29, 0.717) is 12.0 Å². The number of nitrogens with zero attached hydrogens (tertiary/aromatic N) is 1. The molecule has 0 atom stereocenters. The summed E-state index contributed by atoms with van der Waals surface area (Å²) in [4.78, 5) is 13.9. The van der Waals surface area contributed by atoms with Crippen LogP contribution in [0.4, 0.5) is 0 Å². The summed E-state index contributed by atoms with van der Waals surface area (Å²) in [5, 5.41) is 0. The van der Waals surface area contributed by atoms with Crippen LogP contribution in [0.2, 0.25) is 0 Å². The van der Waals surface area contributed by atoms with Gasteiger partial charge < -0.3 is 9.64 Å². The highest BCUT2D eigenvalue weighted by Crippen LogP contribution is 2.22. The van der Waals surface area contributed by atoms with E-state index in [9.17, 15) is 4.79 Å². The lowest BCUT2D eigenvalue weighted by Gasteiger charge is -2.33. The summed E-state index contributed by atoms with van der Waals surface area (Å²) in [5.74, 6) is 1.24. The molecule has 1 rings (SSSR count). The Morgan fingerprint density at radius 3 is 2.33 bits per heavy atom. The maximum atomic E-state index is 11.8. The van der Waals surface area contributed by atoms with E-state index < -0.39 is 0 Å². The molecule has 1 saturated heterocycles. The van der Waals surface area contributed by atoms with Gasteiger partial charge in [0, 0.05) is 25.6 Å². The second-order valence-corrected chi connectivity index (χ2v) is 5.99. The van der Waals surface area contributed by atoms with Gasteiger partial charge in [0.05, 0.1) is 6.10 Å². The summed E-state index contributed by atoms with van der Waals surface area (Å²) in [6.07, 6.45) is 5.08. The van der Waals surface area contributed by atoms with Crippen molar-refractivity contribution in [2.24, 2.45) is 11.8 Å². The lowest BCUT2D eigenvalue weighted by atomic mass is 9.92. The van der Waals surface area contributed by atoms with Crippen molar-refractivity contribution in [2.75, 3.05) is 19.7 Å². The van der Waals surface area contributed by atoms with E-state index in [1.165, 1.54) is 19.3 Å². The minimum absolute atomic E-state index is 0.140. The molecule has 0 radical (unpaired) electrons. The first-order valence-electron chi connectivity index (χ1n) is 7.41. The van der Waals surface area contributed by atoms with E-state index in [1.807, 2.05) is 18.7 Å². The molecular formula is C15H29NO2. The number of rotatable bonds is 6. The molecule has 1 heterocycles. The van der Waals surface area contributed by atoms with Crippen molar-refractivity contribution in [3.05, 3.63) is 0 Å². The topological polar surface area (TPSA) is 29.5 Å². The molecule has 1 aliphatic rings. The van der Waals surface area contributed by atoms with E-state index in [0.717, 1.165) is 32.0 Å². The van der Waals surface area contributed by atoms with Gasteiger partial charge in [0.1, 0.15) is 0 Å². The standard InChI is InChI=1S/C15H29NO2/c1-12(2)15(17)16-9-7-14(8-10-16)6-5-11-18-13(3)4/h12-14H,5-11H2,1-4H3. The molecule has 0 bridgehead atoms. The molecule has 3 heteroatoms. The average Bonchev–Trinajstić information content (AvgIpc) is 2.34. The monoisotopic (exact) mass is 255 g/mol. The van der Waals surface area contributed by atoms with Crippen LogP contribution >= 0.6 is 0 Å². The number of hydrogen-bond donors (Lipinski definition) is 0. The van der Waals surface area contributed by atoms with Crippen LogP contribution in [-0.4, -0.2) is 36.6 Å². The van der Waals surface area contributed by atoms with Crippen molar-refractivity contribution in [3.63, 3.8) is 0 Å². The normalized spacial score (nSPS) is 17.8. The number of hydrogen-bond acceptors (Lipinski definition) is 2. The predicted octanol–water partition coefficient (Wildman–Crippen LogP) is 3.09. The number of piperidine rings is 1. The highest BCUT2D eigenvalue weighted by atomic mass is 16.5. The molecular weight excluding hydrogens is 226 g/mol. The van der Waals surface area contributed by atoms with Crippen molar-refractivity contribution in [1.29, 1.82) is 0 Å². The molecule has 0 spiro atoms. The quantitative estimate of drug-likeness (QED) is 0.683. The Kier molecular flexibility index (Phi) is 6.69. The number of amides is 1. The molecule has 3 nitrogen and oxygen atoms in total. The van der Waals surface area contributed by atoms with Crippen LogP contribution in [0.25, 0.3) is 0 Å². The Morgan fingerprint density at radius 2 is 1.83 bits per heavy atom. The van der Waals surface area contributed by atoms with Crippen LogP contribution < -0.4 is 0 Å². The maximum absolute atomic E-state index is 11.8. The van der Waals surface area contributed by atoms with E-state index >= 15 is 0 Å². The summed E-state index contributed by atoms with van der Waals surface area (Å²) in [7, 11) is 0. The lowest BCUT2D eigenvalue weighted by Crippen LogP contribution is -2.40. The minimum atomic E-state index is 0.140. The summed E-state index contributed by atoms with van der Waals surface area (Å²) in [6, 6.07) is 0. The van der Waals surface area contributed by atoms with Gasteiger partial charge in [-0.2, -0.15) is 0 Å². The molecule has 0 saturated carbocycles. The minimum Gasteiger partial charge on any atom is -0.379 e. The molecule has 106 valence electrons. The zero-order chi connectivity index (χ0) is 13.5. The van der Waals surface area contributed by atoms with Crippen LogP contribution in [0.5, 0.6) is 0 Å². The highest BCUT2D eigenvalue weighted by molar-refractivity contribution is 5.78. The summed E-state index contributed by atoms with van der Waals surface area (Å²) >= 11 is 0.